The van der Waals surface area contributed by atoms with Crippen molar-refractivity contribution < 1.29 is 4.79 Å². The average Bonchev–Trinajstić information content (AvgIpc) is 3.50. The molecule has 0 spiro atoms. The van der Waals surface area contributed by atoms with Crippen LogP contribution in [0.15, 0.2) is 60.9 Å². The number of amides is 1. The molecule has 7 nitrogen and oxygen atoms in total. The maximum Gasteiger partial charge on any atom is 0.240 e. The minimum atomic E-state index is -0.972. The van der Waals surface area contributed by atoms with Crippen LogP contribution in [0, 0.1) is 10.8 Å². The van der Waals surface area contributed by atoms with Crippen LogP contribution in [0.1, 0.15) is 73.1 Å². The van der Waals surface area contributed by atoms with E-state index in [1.54, 1.807) is 13.8 Å². The lowest BCUT2D eigenvalue weighted by molar-refractivity contribution is -0.126. The van der Waals surface area contributed by atoms with E-state index in [0.29, 0.717) is 5.82 Å². The first kappa shape index (κ1) is 28.3. The van der Waals surface area contributed by atoms with Crippen LogP contribution in [0.25, 0.3) is 33.6 Å². The lowest BCUT2D eigenvalue weighted by Crippen LogP contribution is -2.52. The molecule has 206 valence electrons. The van der Waals surface area contributed by atoms with Gasteiger partial charge in [0.05, 0.1) is 35.4 Å². The van der Waals surface area contributed by atoms with Crippen LogP contribution in [-0.2, 0) is 11.2 Å². The first-order chi connectivity index (χ1) is 18.1. The smallest absolute Gasteiger partial charge is 0.240 e. The third kappa shape index (κ3) is 7.03. The third-order valence-corrected chi connectivity index (χ3v) is 6.65. The maximum atomic E-state index is 12.6. The molecule has 0 saturated heterocycles. The van der Waals surface area contributed by atoms with Crippen molar-refractivity contribution in [2.45, 2.75) is 73.4 Å². The summed E-state index contributed by atoms with van der Waals surface area (Å²) in [4.78, 5) is 28.7. The molecule has 0 aliphatic heterocycles. The number of hydrogen-bond donors (Lipinski definition) is 4. The minimum Gasteiger partial charge on any atom is -0.344 e. The number of carbonyl (C=O) groups is 1. The zero-order valence-corrected chi connectivity index (χ0v) is 24.4. The molecule has 1 amide bonds. The standard InChI is InChI=1S/C32H42N6O/c1-30(2,3)17-26-34-18-24(36-26)22-13-9-20(10-14-22)21-11-15-23(16-12-21)25-19-35-28(37-25)27(31(4,5)6)38-29(39)32(7,8)33/h9-16,18-19,27H,17,33H2,1-8H3,(H,34,36)(H,35,37)(H,38,39)/t27-/m1/s1. The van der Waals surface area contributed by atoms with E-state index < -0.39 is 5.54 Å². The van der Waals surface area contributed by atoms with E-state index in [1.807, 2.05) is 12.4 Å². The van der Waals surface area contributed by atoms with Crippen molar-refractivity contribution in [2.75, 3.05) is 0 Å². The molecule has 39 heavy (non-hydrogen) atoms. The number of benzene rings is 2. The van der Waals surface area contributed by atoms with E-state index in [9.17, 15) is 4.79 Å². The molecule has 4 aromatic rings. The van der Waals surface area contributed by atoms with E-state index in [2.05, 4.69) is 115 Å². The predicted molar refractivity (Wildman–Crippen MR) is 159 cm³/mol. The van der Waals surface area contributed by atoms with Gasteiger partial charge in [-0.25, -0.2) is 9.97 Å². The summed E-state index contributed by atoms with van der Waals surface area (Å²) >= 11 is 0. The van der Waals surface area contributed by atoms with Crippen LogP contribution < -0.4 is 11.1 Å². The number of nitrogens with two attached hydrogens (primary N) is 1. The first-order valence-electron chi connectivity index (χ1n) is 13.5. The Balaban J connectivity index is 1.49. The van der Waals surface area contributed by atoms with Crippen LogP contribution in [0.5, 0.6) is 0 Å². The van der Waals surface area contributed by atoms with Gasteiger partial charge in [0, 0.05) is 6.42 Å². The van der Waals surface area contributed by atoms with Gasteiger partial charge in [-0.2, -0.15) is 0 Å². The second-order valence-electron chi connectivity index (χ2n) is 13.3. The Hall–Kier alpha value is -3.71. The maximum absolute atomic E-state index is 12.6. The van der Waals surface area contributed by atoms with Crippen LogP contribution in [-0.4, -0.2) is 31.4 Å². The van der Waals surface area contributed by atoms with E-state index in [-0.39, 0.29) is 22.8 Å². The number of imidazole rings is 2. The molecule has 2 aromatic carbocycles. The molecule has 2 heterocycles. The zero-order valence-electron chi connectivity index (χ0n) is 24.4. The molecule has 5 N–H and O–H groups in total. The molecule has 0 saturated carbocycles. The number of nitrogens with zero attached hydrogens (tertiary/aromatic N) is 2. The molecule has 0 fully saturated rings. The molecule has 4 rings (SSSR count). The van der Waals surface area contributed by atoms with Crippen LogP contribution in [0.4, 0.5) is 0 Å². The second-order valence-corrected chi connectivity index (χ2v) is 13.3. The molecule has 0 unspecified atom stereocenters. The molecular formula is C32H42N6O. The summed E-state index contributed by atoms with van der Waals surface area (Å²) in [7, 11) is 0. The summed E-state index contributed by atoms with van der Waals surface area (Å²) in [6.45, 7) is 16.3. The van der Waals surface area contributed by atoms with E-state index in [0.717, 1.165) is 45.9 Å². The highest BCUT2D eigenvalue weighted by atomic mass is 16.2. The number of aromatic amines is 2. The Morgan fingerprint density at radius 2 is 1.23 bits per heavy atom. The topological polar surface area (TPSA) is 112 Å². The van der Waals surface area contributed by atoms with Gasteiger partial charge < -0.3 is 21.0 Å². The van der Waals surface area contributed by atoms with Gasteiger partial charge in [0.25, 0.3) is 0 Å². The van der Waals surface area contributed by atoms with Gasteiger partial charge >= 0.3 is 0 Å². The molecule has 1 atom stereocenters. The van der Waals surface area contributed by atoms with Gasteiger partial charge in [-0.1, -0.05) is 90.1 Å². The number of hydrogen-bond acceptors (Lipinski definition) is 4. The average molecular weight is 527 g/mol. The summed E-state index contributed by atoms with van der Waals surface area (Å²) in [6, 6.07) is 16.6. The van der Waals surface area contributed by atoms with Crippen molar-refractivity contribution in [3.05, 3.63) is 72.6 Å². The number of rotatable bonds is 7. The molecule has 0 bridgehead atoms. The molecule has 0 aliphatic carbocycles. The lowest BCUT2D eigenvalue weighted by Gasteiger charge is -2.32. The van der Waals surface area contributed by atoms with E-state index in [4.69, 9.17) is 5.73 Å². The van der Waals surface area contributed by atoms with Gasteiger partial charge in [0.2, 0.25) is 5.91 Å². The molecule has 2 aromatic heterocycles. The molecule has 7 heteroatoms. The Labute approximate surface area is 232 Å². The lowest BCUT2D eigenvalue weighted by atomic mass is 9.85. The van der Waals surface area contributed by atoms with Gasteiger partial charge in [-0.15, -0.1) is 0 Å². The Morgan fingerprint density at radius 3 is 1.69 bits per heavy atom. The predicted octanol–water partition coefficient (Wildman–Crippen LogP) is 6.66. The Bertz CT molecular complexity index is 1410. The van der Waals surface area contributed by atoms with E-state index in [1.165, 1.54) is 0 Å². The summed E-state index contributed by atoms with van der Waals surface area (Å²) in [6.07, 6.45) is 4.64. The normalized spacial score (nSPS) is 13.4. The molecule has 0 aliphatic rings. The fraction of sp³-hybridized carbons (Fsp3) is 0.406. The van der Waals surface area contributed by atoms with Gasteiger partial charge in [-0.05, 0) is 46.9 Å². The van der Waals surface area contributed by atoms with Crippen molar-refractivity contribution in [2.24, 2.45) is 16.6 Å². The number of nitrogens with one attached hydrogen (secondary N) is 3. The summed E-state index contributed by atoms with van der Waals surface area (Å²) in [5.74, 6) is 1.51. The van der Waals surface area contributed by atoms with Crippen molar-refractivity contribution in [3.8, 4) is 33.6 Å². The summed E-state index contributed by atoms with van der Waals surface area (Å²) < 4.78 is 0. The monoisotopic (exact) mass is 526 g/mol. The zero-order chi connectivity index (χ0) is 28.6. The van der Waals surface area contributed by atoms with Crippen molar-refractivity contribution in [1.82, 2.24) is 25.3 Å². The summed E-state index contributed by atoms with van der Waals surface area (Å²) in [5.41, 5.74) is 11.3. The largest absolute Gasteiger partial charge is 0.344 e. The highest BCUT2D eigenvalue weighted by Crippen LogP contribution is 2.33. The van der Waals surface area contributed by atoms with Crippen LogP contribution in [0.3, 0.4) is 0 Å². The van der Waals surface area contributed by atoms with Gasteiger partial charge in [0.15, 0.2) is 0 Å². The molecular weight excluding hydrogens is 484 g/mol. The van der Waals surface area contributed by atoms with Crippen molar-refractivity contribution >= 4 is 5.91 Å². The van der Waals surface area contributed by atoms with Crippen LogP contribution >= 0.6 is 0 Å². The first-order valence-corrected chi connectivity index (χ1v) is 13.5. The van der Waals surface area contributed by atoms with Gasteiger partial charge in [0.1, 0.15) is 11.6 Å². The van der Waals surface area contributed by atoms with Crippen molar-refractivity contribution in [3.63, 3.8) is 0 Å². The molecule has 0 radical (unpaired) electrons. The Morgan fingerprint density at radius 1 is 0.769 bits per heavy atom. The fourth-order valence-corrected chi connectivity index (χ4v) is 4.43. The highest BCUT2D eigenvalue weighted by Gasteiger charge is 2.33. The number of carbonyl (C=O) groups excluding carboxylic acids is 1. The van der Waals surface area contributed by atoms with E-state index >= 15 is 0 Å². The fourth-order valence-electron chi connectivity index (χ4n) is 4.43. The van der Waals surface area contributed by atoms with Crippen molar-refractivity contribution in [1.29, 1.82) is 0 Å². The van der Waals surface area contributed by atoms with Crippen LogP contribution in [0.2, 0.25) is 0 Å². The summed E-state index contributed by atoms with van der Waals surface area (Å²) in [5, 5.41) is 3.07. The quantitative estimate of drug-likeness (QED) is 0.216. The minimum absolute atomic E-state index is 0.189. The van der Waals surface area contributed by atoms with Gasteiger partial charge in [-0.3, -0.25) is 4.79 Å². The highest BCUT2D eigenvalue weighted by molar-refractivity contribution is 5.85. The number of H-pyrrole nitrogens is 2. The SMILES string of the molecule is CC(C)(C)Cc1ncc(-c2ccc(-c3ccc(-c4cnc([C@@H](NC(=O)C(C)(C)N)C(C)(C)C)[nH]4)cc3)cc2)[nH]1. The number of aromatic nitrogens is 4. The third-order valence-electron chi connectivity index (χ3n) is 6.65. The second kappa shape index (κ2) is 10.5. The Kier molecular flexibility index (Phi) is 7.59.